The molecule has 9 nitrogen and oxygen atoms in total. The molecule has 2 aromatic carbocycles. The first kappa shape index (κ1) is 18.9. The third-order valence-electron chi connectivity index (χ3n) is 5.45. The minimum absolute atomic E-state index is 0.387. The Morgan fingerprint density at radius 2 is 1.74 bits per heavy atom. The molecule has 0 amide bonds. The van der Waals surface area contributed by atoms with Crippen LogP contribution in [0.3, 0.4) is 0 Å². The van der Waals surface area contributed by atoms with Crippen molar-refractivity contribution in [3.05, 3.63) is 81.0 Å². The maximum Gasteiger partial charge on any atom is 0.329 e. The predicted molar refractivity (Wildman–Crippen MR) is 116 cm³/mol. The summed E-state index contributed by atoms with van der Waals surface area (Å²) in [4.78, 5) is 27.6. The molecule has 5 rings (SSSR count). The largest absolute Gasteiger partial charge is 0.497 e. The molecule has 0 unspecified atom stereocenters. The van der Waals surface area contributed by atoms with E-state index in [2.05, 4.69) is 15.2 Å². The van der Waals surface area contributed by atoms with Crippen molar-refractivity contribution in [1.29, 1.82) is 0 Å². The van der Waals surface area contributed by atoms with Crippen LogP contribution in [0.15, 0.2) is 64.2 Å². The number of aromatic nitrogens is 6. The van der Waals surface area contributed by atoms with Crippen molar-refractivity contribution in [3.63, 3.8) is 0 Å². The number of nitrogens with zero attached hydrogens (tertiary/aromatic N) is 5. The molecule has 0 bridgehead atoms. The number of aromatic amines is 1. The normalized spacial score (nSPS) is 11.4. The zero-order valence-electron chi connectivity index (χ0n) is 17.1. The number of aryl methyl sites for hydroxylation is 3. The van der Waals surface area contributed by atoms with E-state index < -0.39 is 11.2 Å². The molecule has 0 aliphatic carbocycles. The number of rotatable bonds is 5. The van der Waals surface area contributed by atoms with Gasteiger partial charge in [-0.2, -0.15) is 0 Å². The number of fused-ring (bicyclic) bond motifs is 3. The molecule has 9 heteroatoms. The highest BCUT2D eigenvalue weighted by Crippen LogP contribution is 2.26. The van der Waals surface area contributed by atoms with Crippen LogP contribution in [-0.4, -0.2) is 35.8 Å². The molecule has 3 aromatic heterocycles. The molecule has 3 heterocycles. The number of methoxy groups -OCH3 is 1. The second kappa shape index (κ2) is 7.28. The summed E-state index contributed by atoms with van der Waals surface area (Å²) in [5, 5.41) is 8.75. The standard InChI is InChI=1S/C22H20N6O3/c1-26-20-17(19(29)23-22(26)30)27(13-12-14-6-4-3-5-7-14)21-25-24-18(28(20)21)15-8-10-16(31-2)11-9-15/h3-11H,12-13H2,1-2H3,(H,23,29,30). The average Bonchev–Trinajstić information content (AvgIpc) is 3.35. The maximum absolute atomic E-state index is 12.8. The lowest BCUT2D eigenvalue weighted by molar-refractivity contribution is 0.415. The SMILES string of the molecule is COc1ccc(-c2nnc3n(CCc4ccccc4)c4c(=O)[nH]c(=O)n(C)c4n23)cc1. The summed E-state index contributed by atoms with van der Waals surface area (Å²) in [6.07, 6.45) is 0.702. The lowest BCUT2D eigenvalue weighted by Gasteiger charge is -2.05. The Bertz CT molecular complexity index is 1510. The lowest BCUT2D eigenvalue weighted by Crippen LogP contribution is -2.29. The number of hydrogen-bond donors (Lipinski definition) is 1. The summed E-state index contributed by atoms with van der Waals surface area (Å²) >= 11 is 0. The quantitative estimate of drug-likeness (QED) is 0.472. The summed E-state index contributed by atoms with van der Waals surface area (Å²) in [5.41, 5.74) is 1.83. The zero-order chi connectivity index (χ0) is 21.5. The first-order valence-corrected chi connectivity index (χ1v) is 9.83. The van der Waals surface area contributed by atoms with Crippen LogP contribution in [-0.2, 0) is 20.0 Å². The van der Waals surface area contributed by atoms with E-state index in [9.17, 15) is 9.59 Å². The van der Waals surface area contributed by atoms with Crippen LogP contribution in [0.5, 0.6) is 5.75 Å². The molecule has 5 aromatic rings. The molecule has 156 valence electrons. The number of nitrogens with one attached hydrogen (secondary N) is 1. The van der Waals surface area contributed by atoms with Crippen LogP contribution < -0.4 is 16.0 Å². The number of hydrogen-bond acceptors (Lipinski definition) is 5. The minimum atomic E-state index is -0.492. The summed E-state index contributed by atoms with van der Waals surface area (Å²) in [6, 6.07) is 17.4. The van der Waals surface area contributed by atoms with E-state index in [1.165, 1.54) is 4.57 Å². The van der Waals surface area contributed by atoms with Crippen molar-refractivity contribution in [2.24, 2.45) is 7.05 Å². The van der Waals surface area contributed by atoms with E-state index in [0.717, 1.165) is 16.9 Å². The topological polar surface area (TPSA) is 99.2 Å². The molecule has 0 atom stereocenters. The van der Waals surface area contributed by atoms with Gasteiger partial charge in [-0.1, -0.05) is 30.3 Å². The third kappa shape index (κ3) is 3.02. The van der Waals surface area contributed by atoms with Gasteiger partial charge < -0.3 is 9.30 Å². The third-order valence-corrected chi connectivity index (χ3v) is 5.45. The van der Waals surface area contributed by atoms with Crippen molar-refractivity contribution in [3.8, 4) is 17.1 Å². The molecular weight excluding hydrogens is 396 g/mol. The van der Waals surface area contributed by atoms with Crippen LogP contribution in [0.4, 0.5) is 0 Å². The van der Waals surface area contributed by atoms with Gasteiger partial charge in [0, 0.05) is 19.2 Å². The van der Waals surface area contributed by atoms with Gasteiger partial charge >= 0.3 is 5.69 Å². The van der Waals surface area contributed by atoms with E-state index in [-0.39, 0.29) is 0 Å². The summed E-state index contributed by atoms with van der Waals surface area (Å²) in [7, 11) is 3.23. The van der Waals surface area contributed by atoms with Crippen LogP contribution in [0, 0.1) is 0 Å². The van der Waals surface area contributed by atoms with Gasteiger partial charge in [0.2, 0.25) is 5.78 Å². The van der Waals surface area contributed by atoms with E-state index in [1.807, 2.05) is 59.2 Å². The monoisotopic (exact) mass is 416 g/mol. The van der Waals surface area contributed by atoms with Crippen LogP contribution in [0.25, 0.3) is 28.3 Å². The Labute approximate surface area is 176 Å². The predicted octanol–water partition coefficient (Wildman–Crippen LogP) is 1.99. The van der Waals surface area contributed by atoms with Gasteiger partial charge in [0.1, 0.15) is 5.75 Å². The highest BCUT2D eigenvalue weighted by molar-refractivity contribution is 5.79. The number of ether oxygens (including phenoxy) is 1. The van der Waals surface area contributed by atoms with Gasteiger partial charge in [-0.3, -0.25) is 14.3 Å². The second-order valence-electron chi connectivity index (χ2n) is 7.27. The molecule has 31 heavy (non-hydrogen) atoms. The molecule has 1 N–H and O–H groups in total. The molecule has 0 fully saturated rings. The van der Waals surface area contributed by atoms with Gasteiger partial charge in [-0.15, -0.1) is 10.2 Å². The molecule has 0 saturated heterocycles. The van der Waals surface area contributed by atoms with Crippen LogP contribution in [0.1, 0.15) is 5.56 Å². The van der Waals surface area contributed by atoms with E-state index >= 15 is 0 Å². The fourth-order valence-electron chi connectivity index (χ4n) is 3.87. The minimum Gasteiger partial charge on any atom is -0.497 e. The zero-order valence-corrected chi connectivity index (χ0v) is 17.1. The second-order valence-corrected chi connectivity index (χ2v) is 7.27. The Hall–Kier alpha value is -4.14. The molecule has 0 spiro atoms. The average molecular weight is 416 g/mol. The molecule has 0 saturated carbocycles. The fourth-order valence-corrected chi connectivity index (χ4v) is 3.87. The fraction of sp³-hybridized carbons (Fsp3) is 0.182. The molecule has 0 aliphatic rings. The Morgan fingerprint density at radius 1 is 1.00 bits per heavy atom. The van der Waals surface area contributed by atoms with Crippen molar-refractivity contribution in [2.45, 2.75) is 13.0 Å². The van der Waals surface area contributed by atoms with Gasteiger partial charge in [-0.05, 0) is 36.2 Å². The van der Waals surface area contributed by atoms with Gasteiger partial charge in [0.05, 0.1) is 7.11 Å². The maximum atomic E-state index is 12.8. The summed E-state index contributed by atoms with van der Waals surface area (Å²) in [6.45, 7) is 0.513. The van der Waals surface area contributed by atoms with E-state index in [0.29, 0.717) is 35.7 Å². The number of benzene rings is 2. The van der Waals surface area contributed by atoms with Gasteiger partial charge in [0.15, 0.2) is 17.0 Å². The van der Waals surface area contributed by atoms with Crippen molar-refractivity contribution >= 4 is 16.9 Å². The summed E-state index contributed by atoms with van der Waals surface area (Å²) in [5.74, 6) is 1.77. The van der Waals surface area contributed by atoms with Gasteiger partial charge in [0.25, 0.3) is 5.56 Å². The lowest BCUT2D eigenvalue weighted by atomic mass is 10.1. The molecular formula is C22H20N6O3. The first-order chi connectivity index (χ1) is 15.1. The highest BCUT2D eigenvalue weighted by Gasteiger charge is 2.22. The van der Waals surface area contributed by atoms with Crippen molar-refractivity contribution in [1.82, 2.24) is 28.7 Å². The van der Waals surface area contributed by atoms with Crippen LogP contribution in [0.2, 0.25) is 0 Å². The molecule has 0 aliphatic heterocycles. The van der Waals surface area contributed by atoms with E-state index in [4.69, 9.17) is 4.74 Å². The van der Waals surface area contributed by atoms with Crippen molar-refractivity contribution < 1.29 is 4.74 Å². The highest BCUT2D eigenvalue weighted by atomic mass is 16.5. The number of H-pyrrole nitrogens is 1. The Kier molecular flexibility index (Phi) is 4.43. The number of imidazole rings is 1. The summed E-state index contributed by atoms with van der Waals surface area (Å²) < 4.78 is 10.2. The Morgan fingerprint density at radius 3 is 2.45 bits per heavy atom. The van der Waals surface area contributed by atoms with Crippen molar-refractivity contribution in [2.75, 3.05) is 7.11 Å². The van der Waals surface area contributed by atoms with Gasteiger partial charge in [-0.25, -0.2) is 9.20 Å². The smallest absolute Gasteiger partial charge is 0.329 e. The van der Waals surface area contributed by atoms with Crippen LogP contribution >= 0.6 is 0 Å². The molecule has 0 radical (unpaired) electrons. The van der Waals surface area contributed by atoms with E-state index in [1.54, 1.807) is 18.6 Å². The first-order valence-electron chi connectivity index (χ1n) is 9.83. The Balaban J connectivity index is 1.76.